The summed E-state index contributed by atoms with van der Waals surface area (Å²) in [6.45, 7) is 11.5. The van der Waals surface area contributed by atoms with Crippen molar-refractivity contribution in [2.75, 3.05) is 13.1 Å². The molecule has 0 bridgehead atoms. The number of hydrogen-bond acceptors (Lipinski definition) is 2. The van der Waals surface area contributed by atoms with E-state index in [4.69, 9.17) is 0 Å². The average molecular weight is 338 g/mol. The van der Waals surface area contributed by atoms with E-state index in [2.05, 4.69) is 37.5 Å². The molecule has 1 rings (SSSR count). The Balaban J connectivity index is 2.61. The monoisotopic (exact) mass is 338 g/mol. The van der Waals surface area contributed by atoms with Crippen LogP contribution < -0.4 is 0 Å². The van der Waals surface area contributed by atoms with Crippen molar-refractivity contribution in [1.29, 1.82) is 0 Å². The molecule has 0 aliphatic carbocycles. The summed E-state index contributed by atoms with van der Waals surface area (Å²) < 4.78 is 1.53. The average Bonchev–Trinajstić information content (AvgIpc) is 2.30. The van der Waals surface area contributed by atoms with Crippen LogP contribution in [0.4, 0.5) is 0 Å². The molecule has 3 heteroatoms. The van der Waals surface area contributed by atoms with Crippen LogP contribution in [0.5, 0.6) is 0 Å². The Morgan fingerprint density at radius 3 is 1.50 bits per heavy atom. The first-order chi connectivity index (χ1) is 5.54. The molecule has 0 atom stereocenters. The van der Waals surface area contributed by atoms with Gasteiger partial charge in [-0.15, -0.1) is 0 Å². The van der Waals surface area contributed by atoms with Crippen molar-refractivity contribution in [2.24, 2.45) is 0 Å². The fourth-order valence-corrected chi connectivity index (χ4v) is 3.70. The van der Waals surface area contributed by atoms with Gasteiger partial charge in [0.1, 0.15) is 0 Å². The second-order valence-corrected chi connectivity index (χ2v) is 5.17. The summed E-state index contributed by atoms with van der Waals surface area (Å²) in [6, 6.07) is 1.34. The Morgan fingerprint density at radius 1 is 1.00 bits per heavy atom. The minimum atomic E-state index is 0.668. The Hall–Kier alpha value is 0.478. The third kappa shape index (κ3) is 2.04. The zero-order valence-electron chi connectivity index (χ0n) is 8.37. The maximum atomic E-state index is 2.51. The van der Waals surface area contributed by atoms with Crippen molar-refractivity contribution in [3.63, 3.8) is 0 Å². The van der Waals surface area contributed by atoms with E-state index in [-0.39, 0.29) is 0 Å². The van der Waals surface area contributed by atoms with Gasteiger partial charge in [-0.05, 0) is 0 Å². The number of rotatable bonds is 2. The van der Waals surface area contributed by atoms with Crippen molar-refractivity contribution in [1.82, 2.24) is 9.80 Å². The molecule has 1 fully saturated rings. The van der Waals surface area contributed by atoms with Crippen LogP contribution in [-0.4, -0.2) is 39.1 Å². The normalized spacial score (nSPS) is 21.7. The first-order valence-corrected chi connectivity index (χ1v) is 6.08. The second-order valence-electron chi connectivity index (χ2n) is 3.86. The fraction of sp³-hybridized carbons (Fsp3) is 0.889. The van der Waals surface area contributed by atoms with E-state index in [1.54, 1.807) is 19.4 Å². The molecule has 70 valence electrons. The van der Waals surface area contributed by atoms with Gasteiger partial charge in [0.25, 0.3) is 0 Å². The van der Waals surface area contributed by atoms with Crippen molar-refractivity contribution < 1.29 is 19.4 Å². The molecule has 0 amide bonds. The summed E-state index contributed by atoms with van der Waals surface area (Å²) >= 11 is 1.60. The van der Waals surface area contributed by atoms with Gasteiger partial charge in [0.2, 0.25) is 0 Å². The zero-order valence-corrected chi connectivity index (χ0v) is 11.3. The van der Waals surface area contributed by atoms with Gasteiger partial charge in [0.15, 0.2) is 0 Å². The predicted molar refractivity (Wildman–Crippen MR) is 48.7 cm³/mol. The van der Waals surface area contributed by atoms with Gasteiger partial charge in [-0.25, -0.2) is 0 Å². The summed E-state index contributed by atoms with van der Waals surface area (Å²) in [5.41, 5.74) is 0. The van der Waals surface area contributed by atoms with Gasteiger partial charge in [-0.1, -0.05) is 0 Å². The molecule has 0 aromatic carbocycles. The Bertz CT molecular complexity index is 159. The molecular weight excluding hydrogens is 320 g/mol. The topological polar surface area (TPSA) is 6.48 Å². The van der Waals surface area contributed by atoms with Crippen LogP contribution in [0.2, 0.25) is 0 Å². The molecule has 0 aromatic rings. The van der Waals surface area contributed by atoms with Crippen LogP contribution >= 0.6 is 0 Å². The van der Waals surface area contributed by atoms with Crippen LogP contribution in [0.15, 0.2) is 0 Å². The molecule has 12 heavy (non-hydrogen) atoms. The molecule has 0 saturated carbocycles. The third-order valence-electron chi connectivity index (χ3n) is 2.32. The maximum absolute atomic E-state index is 2.51. The van der Waals surface area contributed by atoms with Gasteiger partial charge in [-0.2, -0.15) is 0 Å². The van der Waals surface area contributed by atoms with E-state index in [0.29, 0.717) is 12.1 Å². The molecule has 1 aliphatic heterocycles. The number of nitrogens with zero attached hydrogens (tertiary/aromatic N) is 2. The van der Waals surface area contributed by atoms with E-state index in [1.165, 1.54) is 17.2 Å². The molecule has 2 nitrogen and oxygen atoms in total. The molecule has 0 radical (unpaired) electrons. The summed E-state index contributed by atoms with van der Waals surface area (Å²) in [5, 5.41) is 0. The van der Waals surface area contributed by atoms with Gasteiger partial charge in [0, 0.05) is 0 Å². The van der Waals surface area contributed by atoms with Crippen molar-refractivity contribution >= 4 is 4.15 Å². The van der Waals surface area contributed by atoms with E-state index < -0.39 is 0 Å². The molecule has 0 spiro atoms. The van der Waals surface area contributed by atoms with Crippen LogP contribution in [0.1, 0.15) is 27.7 Å². The van der Waals surface area contributed by atoms with Gasteiger partial charge < -0.3 is 0 Å². The van der Waals surface area contributed by atoms with E-state index in [0.717, 1.165) is 0 Å². The minimum absolute atomic E-state index is 0.668. The molecule has 0 aromatic heterocycles. The quantitative estimate of drug-likeness (QED) is 0.743. The van der Waals surface area contributed by atoms with Gasteiger partial charge >= 0.3 is 86.2 Å². The zero-order chi connectivity index (χ0) is 9.30. The van der Waals surface area contributed by atoms with E-state index in [9.17, 15) is 0 Å². The van der Waals surface area contributed by atoms with Crippen LogP contribution in [0.3, 0.4) is 0 Å². The van der Waals surface area contributed by atoms with Crippen molar-refractivity contribution in [3.8, 4) is 0 Å². The first kappa shape index (κ1) is 10.6. The standard InChI is InChI=1S/C9H18N2.W/c1-8(2)10-5-6-11(7-10)9(3)4;/h8-9H,5-6H2,1-4H3;. The molecule has 1 saturated heterocycles. The first-order valence-electron chi connectivity index (χ1n) is 4.61. The molecule has 1 aliphatic rings. The molecular formula is C9H18N2W. The summed E-state index contributed by atoms with van der Waals surface area (Å²) in [5.74, 6) is 0. The molecule has 1 heterocycles. The third-order valence-corrected chi connectivity index (χ3v) is 4.00. The van der Waals surface area contributed by atoms with Gasteiger partial charge in [0.05, 0.1) is 0 Å². The summed E-state index contributed by atoms with van der Waals surface area (Å²) in [6.07, 6.45) is 0. The number of hydrogen-bond donors (Lipinski definition) is 0. The summed E-state index contributed by atoms with van der Waals surface area (Å²) in [7, 11) is 0. The SMILES string of the molecule is CC(C)N1CCN(C(C)C)[C]1=[W]. The van der Waals surface area contributed by atoms with Crippen LogP contribution in [0, 0.1) is 0 Å². The van der Waals surface area contributed by atoms with Crippen molar-refractivity contribution in [3.05, 3.63) is 0 Å². The van der Waals surface area contributed by atoms with Crippen LogP contribution in [-0.2, 0) is 19.4 Å². The summed E-state index contributed by atoms with van der Waals surface area (Å²) in [4.78, 5) is 5.02. The van der Waals surface area contributed by atoms with E-state index in [1.807, 2.05) is 0 Å². The molecule has 0 unspecified atom stereocenters. The Kier molecular flexibility index (Phi) is 3.63. The van der Waals surface area contributed by atoms with E-state index >= 15 is 0 Å². The van der Waals surface area contributed by atoms with Crippen molar-refractivity contribution in [2.45, 2.75) is 39.8 Å². The molecule has 0 N–H and O–H groups in total. The fourth-order valence-electron chi connectivity index (χ4n) is 1.53. The Morgan fingerprint density at radius 2 is 1.33 bits per heavy atom. The predicted octanol–water partition coefficient (Wildman–Crippen LogP) is 1.06. The Labute approximate surface area is 86.3 Å². The van der Waals surface area contributed by atoms with Crippen LogP contribution in [0.25, 0.3) is 0 Å². The second kappa shape index (κ2) is 4.13. The van der Waals surface area contributed by atoms with Gasteiger partial charge in [-0.3, -0.25) is 0 Å².